The summed E-state index contributed by atoms with van der Waals surface area (Å²) in [5, 5.41) is 7.53. The highest BCUT2D eigenvalue weighted by atomic mass is 16.5. The average Bonchev–Trinajstić information content (AvgIpc) is 3.16. The predicted octanol–water partition coefficient (Wildman–Crippen LogP) is 2.31. The molecule has 144 valence electrons. The number of amides is 2. The minimum Gasteiger partial charge on any atom is -0.355 e. The first-order chi connectivity index (χ1) is 13.6. The Bertz CT molecular complexity index is 1030. The van der Waals surface area contributed by atoms with Crippen LogP contribution >= 0.6 is 0 Å². The molecule has 2 amide bonds. The van der Waals surface area contributed by atoms with Crippen LogP contribution in [0.4, 0.5) is 0 Å². The highest BCUT2D eigenvalue weighted by molar-refractivity contribution is 6.06. The molecular formula is C20H21N5O3. The van der Waals surface area contributed by atoms with Gasteiger partial charge in [-0.25, -0.2) is 4.98 Å². The van der Waals surface area contributed by atoms with Gasteiger partial charge in [0.05, 0.1) is 16.6 Å². The minimum atomic E-state index is -0.208. The number of aromatic nitrogens is 3. The van der Waals surface area contributed by atoms with E-state index < -0.39 is 0 Å². The van der Waals surface area contributed by atoms with Gasteiger partial charge in [0, 0.05) is 49.7 Å². The maximum absolute atomic E-state index is 12.8. The third-order valence-electron chi connectivity index (χ3n) is 5.10. The van der Waals surface area contributed by atoms with Crippen molar-refractivity contribution in [2.24, 2.45) is 0 Å². The first kappa shape index (κ1) is 18.1. The van der Waals surface area contributed by atoms with Gasteiger partial charge >= 0.3 is 0 Å². The normalized spacial score (nSPS) is 16.9. The number of carbonyl (C=O) groups excluding carboxylic acids is 2. The second-order valence-electron chi connectivity index (χ2n) is 6.96. The molecule has 1 saturated heterocycles. The highest BCUT2D eigenvalue weighted by Gasteiger charge is 2.30. The van der Waals surface area contributed by atoms with Crippen LogP contribution in [-0.2, 0) is 0 Å². The molecule has 0 aromatic carbocycles. The molecule has 1 unspecified atom stereocenters. The minimum absolute atomic E-state index is 0.0197. The fraction of sp³-hybridized carbons (Fsp3) is 0.350. The molecule has 1 N–H and O–H groups in total. The quantitative estimate of drug-likeness (QED) is 0.749. The zero-order chi connectivity index (χ0) is 19.7. The van der Waals surface area contributed by atoms with Crippen molar-refractivity contribution in [3.05, 3.63) is 53.1 Å². The Morgan fingerprint density at radius 2 is 2.07 bits per heavy atom. The zero-order valence-electron chi connectivity index (χ0n) is 15.8. The molecule has 0 spiro atoms. The Morgan fingerprint density at radius 3 is 2.82 bits per heavy atom. The molecular weight excluding hydrogens is 358 g/mol. The fourth-order valence-electron chi connectivity index (χ4n) is 3.75. The second kappa shape index (κ2) is 7.38. The molecule has 0 radical (unpaired) electrons. The van der Waals surface area contributed by atoms with Crippen molar-refractivity contribution in [2.75, 3.05) is 20.1 Å². The Kier molecular flexibility index (Phi) is 4.77. The Morgan fingerprint density at radius 1 is 1.29 bits per heavy atom. The summed E-state index contributed by atoms with van der Waals surface area (Å²) >= 11 is 0. The van der Waals surface area contributed by atoms with E-state index in [1.54, 1.807) is 37.6 Å². The van der Waals surface area contributed by atoms with Crippen LogP contribution in [-0.4, -0.2) is 52.0 Å². The third-order valence-corrected chi connectivity index (χ3v) is 5.10. The van der Waals surface area contributed by atoms with Crippen LogP contribution in [0.25, 0.3) is 11.1 Å². The molecule has 4 rings (SSSR count). The first-order valence-corrected chi connectivity index (χ1v) is 9.26. The Balaban J connectivity index is 1.68. The lowest BCUT2D eigenvalue weighted by Gasteiger charge is -2.32. The number of pyridine rings is 2. The van der Waals surface area contributed by atoms with E-state index in [1.165, 1.54) is 0 Å². The molecule has 1 aliphatic heterocycles. The molecule has 1 aliphatic rings. The third kappa shape index (κ3) is 3.21. The molecule has 1 atom stereocenters. The second-order valence-corrected chi connectivity index (χ2v) is 6.96. The fourth-order valence-corrected chi connectivity index (χ4v) is 3.75. The Labute approximate surface area is 161 Å². The van der Waals surface area contributed by atoms with Crippen molar-refractivity contribution in [1.29, 1.82) is 0 Å². The summed E-state index contributed by atoms with van der Waals surface area (Å²) in [7, 11) is 1.59. The average molecular weight is 379 g/mol. The van der Waals surface area contributed by atoms with Gasteiger partial charge in [0.15, 0.2) is 0 Å². The maximum atomic E-state index is 12.8. The van der Waals surface area contributed by atoms with Crippen LogP contribution in [0.5, 0.6) is 0 Å². The van der Waals surface area contributed by atoms with E-state index in [1.807, 2.05) is 11.8 Å². The predicted molar refractivity (Wildman–Crippen MR) is 102 cm³/mol. The van der Waals surface area contributed by atoms with Crippen molar-refractivity contribution in [3.8, 4) is 0 Å². The van der Waals surface area contributed by atoms with Crippen molar-refractivity contribution in [1.82, 2.24) is 25.3 Å². The number of nitrogens with zero attached hydrogens (tertiary/aromatic N) is 4. The van der Waals surface area contributed by atoms with Gasteiger partial charge in [-0.3, -0.25) is 14.6 Å². The number of fused-ring (bicyclic) bond motifs is 1. The van der Waals surface area contributed by atoms with Crippen molar-refractivity contribution >= 4 is 22.9 Å². The summed E-state index contributed by atoms with van der Waals surface area (Å²) in [6, 6.07) is 5.17. The lowest BCUT2D eigenvalue weighted by atomic mass is 9.91. The van der Waals surface area contributed by atoms with Gasteiger partial charge in [-0.05, 0) is 38.0 Å². The molecule has 28 heavy (non-hydrogen) atoms. The SMILES string of the molecule is CNC(=O)c1cc(C)nc2onc(C3CCCN(C(=O)c4ccncc4)C3)c12. The van der Waals surface area contributed by atoms with E-state index in [0.717, 1.165) is 12.8 Å². The van der Waals surface area contributed by atoms with Crippen LogP contribution < -0.4 is 5.32 Å². The van der Waals surface area contributed by atoms with Crippen LogP contribution in [0.2, 0.25) is 0 Å². The summed E-state index contributed by atoms with van der Waals surface area (Å²) in [4.78, 5) is 35.4. The Hall–Kier alpha value is -3.29. The molecule has 1 fully saturated rings. The number of hydrogen-bond acceptors (Lipinski definition) is 6. The summed E-state index contributed by atoms with van der Waals surface area (Å²) in [5.74, 6) is -0.255. The highest BCUT2D eigenvalue weighted by Crippen LogP contribution is 2.33. The first-order valence-electron chi connectivity index (χ1n) is 9.26. The molecule has 8 nitrogen and oxygen atoms in total. The molecule has 4 heterocycles. The molecule has 0 saturated carbocycles. The largest absolute Gasteiger partial charge is 0.355 e. The standard InChI is InChI=1S/C20H21N5O3/c1-12-10-15(18(26)21-2)16-17(24-28-19(16)23-12)14-4-3-9-25(11-14)20(27)13-5-7-22-8-6-13/h5-8,10,14H,3-4,9,11H2,1-2H3,(H,21,26). The van der Waals surface area contributed by atoms with E-state index >= 15 is 0 Å². The molecule has 0 bridgehead atoms. The van der Waals surface area contributed by atoms with Gasteiger partial charge in [-0.1, -0.05) is 5.16 Å². The summed E-state index contributed by atoms with van der Waals surface area (Å²) in [6.45, 7) is 3.01. The number of piperidine rings is 1. The van der Waals surface area contributed by atoms with E-state index in [4.69, 9.17) is 4.52 Å². The number of aryl methyl sites for hydroxylation is 1. The zero-order valence-corrected chi connectivity index (χ0v) is 15.8. The lowest BCUT2D eigenvalue weighted by Crippen LogP contribution is -2.39. The van der Waals surface area contributed by atoms with Gasteiger partial charge in [0.2, 0.25) is 0 Å². The van der Waals surface area contributed by atoms with Crippen LogP contribution in [0.1, 0.15) is 50.9 Å². The number of nitrogens with one attached hydrogen (secondary N) is 1. The van der Waals surface area contributed by atoms with E-state index in [2.05, 4.69) is 20.4 Å². The molecule has 0 aliphatic carbocycles. The molecule has 3 aromatic rings. The van der Waals surface area contributed by atoms with Gasteiger partial charge in [-0.2, -0.15) is 0 Å². The van der Waals surface area contributed by atoms with Crippen LogP contribution in [0.3, 0.4) is 0 Å². The topological polar surface area (TPSA) is 101 Å². The van der Waals surface area contributed by atoms with Gasteiger partial charge in [0.25, 0.3) is 17.5 Å². The van der Waals surface area contributed by atoms with E-state index in [-0.39, 0.29) is 17.7 Å². The van der Waals surface area contributed by atoms with Crippen molar-refractivity contribution in [3.63, 3.8) is 0 Å². The number of likely N-dealkylation sites (tertiary alicyclic amines) is 1. The maximum Gasteiger partial charge on any atom is 0.259 e. The lowest BCUT2D eigenvalue weighted by molar-refractivity contribution is 0.0704. The van der Waals surface area contributed by atoms with Gasteiger partial charge in [0.1, 0.15) is 0 Å². The summed E-state index contributed by atoms with van der Waals surface area (Å²) < 4.78 is 5.45. The number of hydrogen-bond donors (Lipinski definition) is 1. The van der Waals surface area contributed by atoms with Gasteiger partial charge in [-0.15, -0.1) is 0 Å². The van der Waals surface area contributed by atoms with E-state index in [9.17, 15) is 9.59 Å². The van der Waals surface area contributed by atoms with Crippen LogP contribution in [0.15, 0.2) is 35.1 Å². The summed E-state index contributed by atoms with van der Waals surface area (Å²) in [5.41, 5.74) is 2.84. The molecule has 3 aromatic heterocycles. The monoisotopic (exact) mass is 379 g/mol. The van der Waals surface area contributed by atoms with Crippen molar-refractivity contribution in [2.45, 2.75) is 25.7 Å². The number of carbonyl (C=O) groups is 2. The van der Waals surface area contributed by atoms with Crippen molar-refractivity contribution < 1.29 is 14.1 Å². The van der Waals surface area contributed by atoms with E-state index in [0.29, 0.717) is 46.7 Å². The van der Waals surface area contributed by atoms with Crippen LogP contribution in [0, 0.1) is 6.92 Å². The number of rotatable bonds is 3. The smallest absolute Gasteiger partial charge is 0.259 e. The summed E-state index contributed by atoms with van der Waals surface area (Å²) in [6.07, 6.45) is 4.94. The van der Waals surface area contributed by atoms with Gasteiger partial charge < -0.3 is 14.7 Å². The molecule has 8 heteroatoms.